The lowest BCUT2D eigenvalue weighted by molar-refractivity contribution is 0.121. The zero-order chi connectivity index (χ0) is 13.8. The summed E-state index contributed by atoms with van der Waals surface area (Å²) in [6.45, 7) is 3.66. The Morgan fingerprint density at radius 2 is 2.47 bits per heavy atom. The van der Waals surface area contributed by atoms with Crippen molar-refractivity contribution in [3.8, 4) is 0 Å². The van der Waals surface area contributed by atoms with Crippen molar-refractivity contribution in [3.05, 3.63) is 21.0 Å². The molecule has 1 fully saturated rings. The average molecular weight is 332 g/mol. The predicted octanol–water partition coefficient (Wildman–Crippen LogP) is 1.24. The third-order valence-corrected chi connectivity index (χ3v) is 3.98. The van der Waals surface area contributed by atoms with Crippen molar-refractivity contribution in [3.63, 3.8) is 0 Å². The quantitative estimate of drug-likeness (QED) is 0.879. The topological polar surface area (TPSA) is 65.4 Å². The Morgan fingerprint density at radius 3 is 3.11 bits per heavy atom. The second kappa shape index (κ2) is 6.49. The minimum absolute atomic E-state index is 0.142. The smallest absolute Gasteiger partial charge is 0.283 e. The van der Waals surface area contributed by atoms with Gasteiger partial charge in [-0.25, -0.2) is 4.68 Å². The number of hydrogen-bond acceptors (Lipinski definition) is 5. The zero-order valence-corrected chi connectivity index (χ0v) is 12.6. The Bertz CT molecular complexity index is 492. The largest absolute Gasteiger partial charge is 0.383 e. The van der Waals surface area contributed by atoms with Crippen LogP contribution in [0.2, 0.25) is 0 Å². The highest BCUT2D eigenvalue weighted by Crippen LogP contribution is 2.22. The summed E-state index contributed by atoms with van der Waals surface area (Å²) in [4.78, 5) is 12.1. The van der Waals surface area contributed by atoms with Crippen molar-refractivity contribution in [2.75, 3.05) is 25.6 Å². The van der Waals surface area contributed by atoms with Crippen molar-refractivity contribution < 1.29 is 9.47 Å². The van der Waals surface area contributed by atoms with E-state index in [1.165, 1.54) is 4.68 Å². The summed E-state index contributed by atoms with van der Waals surface area (Å²) in [6, 6.07) is 0.215. The van der Waals surface area contributed by atoms with Gasteiger partial charge in [-0.1, -0.05) is 0 Å². The van der Waals surface area contributed by atoms with Crippen LogP contribution in [0, 0.1) is 0 Å². The molecule has 6 nitrogen and oxygen atoms in total. The van der Waals surface area contributed by atoms with Gasteiger partial charge in [0, 0.05) is 13.7 Å². The van der Waals surface area contributed by atoms with Crippen LogP contribution in [0.1, 0.15) is 13.3 Å². The number of methoxy groups -OCH3 is 1. The molecule has 0 saturated carbocycles. The van der Waals surface area contributed by atoms with Crippen molar-refractivity contribution >= 4 is 21.6 Å². The molecule has 0 spiro atoms. The number of hydrogen-bond donors (Lipinski definition) is 1. The SMILES string of the molecule is COCCn1ncc(NC2CCOC2C)c(Br)c1=O. The first-order chi connectivity index (χ1) is 9.13. The molecule has 1 aliphatic heterocycles. The molecule has 1 aliphatic rings. The van der Waals surface area contributed by atoms with Gasteiger partial charge in [0.25, 0.3) is 5.56 Å². The number of halogens is 1. The van der Waals surface area contributed by atoms with Crippen LogP contribution in [-0.4, -0.2) is 42.2 Å². The lowest BCUT2D eigenvalue weighted by atomic mass is 10.1. The maximum atomic E-state index is 12.1. The Kier molecular flexibility index (Phi) is 4.95. The summed E-state index contributed by atoms with van der Waals surface area (Å²) >= 11 is 3.33. The first kappa shape index (κ1) is 14.5. The number of nitrogens with zero attached hydrogens (tertiary/aromatic N) is 2. The van der Waals surface area contributed by atoms with Crippen molar-refractivity contribution in [1.29, 1.82) is 0 Å². The highest BCUT2D eigenvalue weighted by Gasteiger charge is 2.25. The van der Waals surface area contributed by atoms with E-state index >= 15 is 0 Å². The molecule has 2 rings (SSSR count). The Morgan fingerprint density at radius 1 is 1.68 bits per heavy atom. The lowest BCUT2D eigenvalue weighted by Gasteiger charge is -2.18. The van der Waals surface area contributed by atoms with Crippen LogP contribution in [0.25, 0.3) is 0 Å². The van der Waals surface area contributed by atoms with E-state index in [9.17, 15) is 4.79 Å². The molecule has 19 heavy (non-hydrogen) atoms. The number of nitrogens with one attached hydrogen (secondary N) is 1. The molecule has 1 saturated heterocycles. The molecular formula is C12H18BrN3O3. The third-order valence-electron chi connectivity index (χ3n) is 3.21. The van der Waals surface area contributed by atoms with E-state index in [2.05, 4.69) is 26.3 Å². The molecule has 1 aromatic heterocycles. The van der Waals surface area contributed by atoms with Gasteiger partial charge in [-0.05, 0) is 29.3 Å². The molecule has 1 aromatic rings. The lowest BCUT2D eigenvalue weighted by Crippen LogP contribution is -2.30. The minimum Gasteiger partial charge on any atom is -0.383 e. The molecular weight excluding hydrogens is 314 g/mol. The van der Waals surface area contributed by atoms with Crippen LogP contribution in [-0.2, 0) is 16.0 Å². The molecule has 0 bridgehead atoms. The molecule has 0 aromatic carbocycles. The highest BCUT2D eigenvalue weighted by molar-refractivity contribution is 9.10. The van der Waals surface area contributed by atoms with E-state index in [1.54, 1.807) is 13.3 Å². The van der Waals surface area contributed by atoms with E-state index < -0.39 is 0 Å². The monoisotopic (exact) mass is 331 g/mol. The van der Waals surface area contributed by atoms with Crippen molar-refractivity contribution in [2.45, 2.75) is 32.0 Å². The van der Waals surface area contributed by atoms with Crippen molar-refractivity contribution in [1.82, 2.24) is 9.78 Å². The molecule has 0 aliphatic carbocycles. The molecule has 0 amide bonds. The van der Waals surface area contributed by atoms with Crippen LogP contribution in [0.15, 0.2) is 15.5 Å². The van der Waals surface area contributed by atoms with Gasteiger partial charge in [-0.15, -0.1) is 0 Å². The van der Waals surface area contributed by atoms with Crippen molar-refractivity contribution in [2.24, 2.45) is 0 Å². The first-order valence-electron chi connectivity index (χ1n) is 6.26. The van der Waals surface area contributed by atoms with E-state index in [4.69, 9.17) is 9.47 Å². The van der Waals surface area contributed by atoms with Crippen LogP contribution in [0.3, 0.4) is 0 Å². The van der Waals surface area contributed by atoms with Gasteiger partial charge in [-0.2, -0.15) is 5.10 Å². The average Bonchev–Trinajstić information content (AvgIpc) is 2.80. The number of anilines is 1. The summed E-state index contributed by atoms with van der Waals surface area (Å²) in [7, 11) is 1.59. The Labute approximate surface area is 120 Å². The molecule has 106 valence electrons. The third kappa shape index (κ3) is 3.34. The van der Waals surface area contributed by atoms with Crippen LogP contribution < -0.4 is 10.9 Å². The molecule has 2 atom stereocenters. The second-order valence-corrected chi connectivity index (χ2v) is 5.30. The van der Waals surface area contributed by atoms with Gasteiger partial charge < -0.3 is 14.8 Å². The van der Waals surface area contributed by atoms with Gasteiger partial charge in [0.15, 0.2) is 0 Å². The van der Waals surface area contributed by atoms with Crippen LogP contribution >= 0.6 is 15.9 Å². The number of ether oxygens (including phenoxy) is 2. The highest BCUT2D eigenvalue weighted by atomic mass is 79.9. The van der Waals surface area contributed by atoms with Gasteiger partial charge in [0.05, 0.1) is 37.2 Å². The van der Waals surface area contributed by atoms with E-state index in [0.717, 1.165) is 13.0 Å². The fourth-order valence-electron chi connectivity index (χ4n) is 2.02. The summed E-state index contributed by atoms with van der Waals surface area (Å²) in [5, 5.41) is 7.44. The van der Waals surface area contributed by atoms with E-state index in [1.807, 2.05) is 6.92 Å². The van der Waals surface area contributed by atoms with E-state index in [-0.39, 0.29) is 17.7 Å². The number of rotatable bonds is 5. The van der Waals surface area contributed by atoms with E-state index in [0.29, 0.717) is 23.3 Å². The molecule has 0 radical (unpaired) electrons. The molecule has 2 unspecified atom stereocenters. The summed E-state index contributed by atoms with van der Waals surface area (Å²) in [5.74, 6) is 0. The Balaban J connectivity index is 2.14. The van der Waals surface area contributed by atoms with Gasteiger partial charge in [-0.3, -0.25) is 4.79 Å². The van der Waals surface area contributed by atoms with Crippen LogP contribution in [0.4, 0.5) is 5.69 Å². The molecule has 7 heteroatoms. The van der Waals surface area contributed by atoms with Gasteiger partial charge >= 0.3 is 0 Å². The maximum Gasteiger partial charge on any atom is 0.283 e. The predicted molar refractivity (Wildman–Crippen MR) is 75.5 cm³/mol. The summed E-state index contributed by atoms with van der Waals surface area (Å²) < 4.78 is 12.3. The normalized spacial score (nSPS) is 22.7. The minimum atomic E-state index is -0.159. The fraction of sp³-hybridized carbons (Fsp3) is 0.667. The van der Waals surface area contributed by atoms with Gasteiger partial charge in [0.1, 0.15) is 4.47 Å². The number of aromatic nitrogens is 2. The Hall–Kier alpha value is -0.920. The molecule has 2 heterocycles. The van der Waals surface area contributed by atoms with Crippen LogP contribution in [0.5, 0.6) is 0 Å². The first-order valence-corrected chi connectivity index (χ1v) is 7.05. The fourth-order valence-corrected chi connectivity index (χ4v) is 2.45. The molecule has 1 N–H and O–H groups in total. The zero-order valence-electron chi connectivity index (χ0n) is 11.1. The summed E-state index contributed by atoms with van der Waals surface area (Å²) in [5.41, 5.74) is 0.551. The van der Waals surface area contributed by atoms with Gasteiger partial charge in [0.2, 0.25) is 0 Å². The second-order valence-electron chi connectivity index (χ2n) is 4.51. The summed E-state index contributed by atoms with van der Waals surface area (Å²) in [6.07, 6.45) is 2.73. The maximum absolute atomic E-state index is 12.1. The standard InChI is InChI=1S/C12H18BrN3O3/c1-8-9(3-5-19-8)15-10-7-14-16(4-6-18-2)12(17)11(10)13/h7-9,15H,3-6H2,1-2H3.